The standard InChI is InChI=1S/C25H30FN3O3/c1-27-15-16-31-18-24(20-7-9-22(26)10-8-20)29-13-4-11-25(12-14-28-19-30)23-6-3-2-5-21(23)17-32-25/h2-3,5-10,15-16,19,24,29H,1,4,11-14,17-18H2,(H,28,30)/b16-15-. The number of rotatable bonds is 14. The van der Waals surface area contributed by atoms with Gasteiger partial charge in [0.15, 0.2) is 0 Å². The fraction of sp³-hybridized carbons (Fsp3) is 0.360. The molecular formula is C25H30FN3O3. The summed E-state index contributed by atoms with van der Waals surface area (Å²) in [7, 11) is 0. The van der Waals surface area contributed by atoms with Crippen LogP contribution in [-0.2, 0) is 26.5 Å². The molecule has 1 aliphatic heterocycles. The number of nitrogens with one attached hydrogen (secondary N) is 2. The van der Waals surface area contributed by atoms with Gasteiger partial charge in [0.05, 0.1) is 24.4 Å². The van der Waals surface area contributed by atoms with Crippen LogP contribution >= 0.6 is 0 Å². The Morgan fingerprint density at radius 3 is 2.78 bits per heavy atom. The van der Waals surface area contributed by atoms with Gasteiger partial charge in [0.1, 0.15) is 18.7 Å². The zero-order chi connectivity index (χ0) is 22.7. The molecule has 0 fully saturated rings. The molecule has 2 atom stereocenters. The SMILES string of the molecule is C=N/C=C\OCC(NCCCC1(CCNC=O)OCc2ccccc21)c1ccc(F)cc1. The number of fused-ring (bicyclic) bond motifs is 1. The highest BCUT2D eigenvalue weighted by molar-refractivity contribution is 5.46. The number of nitrogens with zero attached hydrogens (tertiary/aromatic N) is 1. The van der Waals surface area contributed by atoms with E-state index in [1.807, 2.05) is 12.1 Å². The van der Waals surface area contributed by atoms with Crippen molar-refractivity contribution in [1.82, 2.24) is 10.6 Å². The Labute approximate surface area is 188 Å². The summed E-state index contributed by atoms with van der Waals surface area (Å²) in [5, 5.41) is 6.27. The van der Waals surface area contributed by atoms with E-state index < -0.39 is 5.60 Å². The maximum atomic E-state index is 13.3. The van der Waals surface area contributed by atoms with Crippen molar-refractivity contribution < 1.29 is 18.7 Å². The number of ether oxygens (including phenoxy) is 2. The third kappa shape index (κ3) is 6.24. The van der Waals surface area contributed by atoms with Gasteiger partial charge in [0.25, 0.3) is 0 Å². The minimum Gasteiger partial charge on any atom is -0.498 e. The first-order chi connectivity index (χ1) is 15.7. The normalized spacial score (nSPS) is 18.3. The van der Waals surface area contributed by atoms with Crippen molar-refractivity contribution in [3.8, 4) is 0 Å². The lowest BCUT2D eigenvalue weighted by Gasteiger charge is -2.30. The number of hydrogen-bond donors (Lipinski definition) is 2. The third-order valence-electron chi connectivity index (χ3n) is 5.71. The largest absolute Gasteiger partial charge is 0.498 e. The van der Waals surface area contributed by atoms with Crippen molar-refractivity contribution in [2.45, 2.75) is 37.5 Å². The number of amides is 1. The second kappa shape index (κ2) is 12.1. The van der Waals surface area contributed by atoms with Crippen molar-refractivity contribution >= 4 is 13.1 Å². The Bertz CT molecular complexity index is 904. The summed E-state index contributed by atoms with van der Waals surface area (Å²) in [6.07, 6.45) is 6.08. The molecule has 0 aliphatic carbocycles. The summed E-state index contributed by atoms with van der Waals surface area (Å²) in [6.45, 7) is 5.63. The molecule has 7 heteroatoms. The van der Waals surface area contributed by atoms with Crippen LogP contribution < -0.4 is 10.6 Å². The van der Waals surface area contributed by atoms with E-state index in [0.29, 0.717) is 26.2 Å². The average molecular weight is 440 g/mol. The molecule has 170 valence electrons. The lowest BCUT2D eigenvalue weighted by molar-refractivity contribution is -0.110. The van der Waals surface area contributed by atoms with E-state index in [-0.39, 0.29) is 11.9 Å². The molecule has 0 aromatic heterocycles. The average Bonchev–Trinajstić information content (AvgIpc) is 3.18. The molecule has 2 aromatic carbocycles. The molecule has 1 aliphatic rings. The van der Waals surface area contributed by atoms with Gasteiger partial charge in [0, 0.05) is 6.54 Å². The fourth-order valence-electron chi connectivity index (χ4n) is 4.11. The molecule has 0 saturated carbocycles. The molecule has 2 N–H and O–H groups in total. The number of carbonyl (C=O) groups excluding carboxylic acids is 1. The molecule has 1 heterocycles. The number of benzene rings is 2. The van der Waals surface area contributed by atoms with E-state index >= 15 is 0 Å². The maximum Gasteiger partial charge on any atom is 0.207 e. The van der Waals surface area contributed by atoms with Crippen LogP contribution in [0.3, 0.4) is 0 Å². The minimum atomic E-state index is -0.408. The number of aliphatic imine (C=N–C) groups is 1. The van der Waals surface area contributed by atoms with Gasteiger partial charge in [-0.25, -0.2) is 4.39 Å². The Balaban J connectivity index is 1.62. The Kier molecular flexibility index (Phi) is 8.95. The highest BCUT2D eigenvalue weighted by Gasteiger charge is 2.38. The zero-order valence-electron chi connectivity index (χ0n) is 18.1. The van der Waals surface area contributed by atoms with Gasteiger partial charge in [-0.15, -0.1) is 0 Å². The number of halogens is 1. The summed E-state index contributed by atoms with van der Waals surface area (Å²) in [4.78, 5) is 14.4. The van der Waals surface area contributed by atoms with E-state index in [4.69, 9.17) is 9.47 Å². The van der Waals surface area contributed by atoms with E-state index in [9.17, 15) is 9.18 Å². The Morgan fingerprint density at radius 2 is 2.00 bits per heavy atom. The second-order valence-corrected chi connectivity index (χ2v) is 7.72. The monoisotopic (exact) mass is 439 g/mol. The first kappa shape index (κ1) is 23.6. The molecule has 2 aromatic rings. The second-order valence-electron chi connectivity index (χ2n) is 7.72. The van der Waals surface area contributed by atoms with Crippen LogP contribution in [0.1, 0.15) is 42.0 Å². The van der Waals surface area contributed by atoms with Gasteiger partial charge < -0.3 is 20.1 Å². The van der Waals surface area contributed by atoms with Gasteiger partial charge >= 0.3 is 0 Å². The molecule has 32 heavy (non-hydrogen) atoms. The van der Waals surface area contributed by atoms with E-state index in [0.717, 1.165) is 31.4 Å². The van der Waals surface area contributed by atoms with Crippen molar-refractivity contribution in [2.24, 2.45) is 4.99 Å². The topological polar surface area (TPSA) is 72.0 Å². The quantitative estimate of drug-likeness (QED) is 0.202. The molecule has 0 spiro atoms. The Morgan fingerprint density at radius 1 is 1.19 bits per heavy atom. The van der Waals surface area contributed by atoms with Crippen molar-refractivity contribution in [3.63, 3.8) is 0 Å². The summed E-state index contributed by atoms with van der Waals surface area (Å²) in [6, 6.07) is 14.6. The summed E-state index contributed by atoms with van der Waals surface area (Å²) in [5.41, 5.74) is 2.94. The molecule has 3 rings (SSSR count). The predicted octanol–water partition coefficient (Wildman–Crippen LogP) is 3.99. The Hall–Kier alpha value is -3.03. The van der Waals surface area contributed by atoms with Crippen LogP contribution in [-0.4, -0.2) is 32.8 Å². The van der Waals surface area contributed by atoms with E-state index in [2.05, 4.69) is 34.5 Å². The zero-order valence-corrected chi connectivity index (χ0v) is 18.1. The van der Waals surface area contributed by atoms with Crippen LogP contribution in [0.4, 0.5) is 4.39 Å². The maximum absolute atomic E-state index is 13.3. The molecule has 0 bridgehead atoms. The smallest absolute Gasteiger partial charge is 0.207 e. The lowest BCUT2D eigenvalue weighted by atomic mass is 9.85. The first-order valence-electron chi connectivity index (χ1n) is 10.8. The summed E-state index contributed by atoms with van der Waals surface area (Å²) >= 11 is 0. The van der Waals surface area contributed by atoms with Crippen molar-refractivity contribution in [3.05, 3.63) is 83.5 Å². The predicted molar refractivity (Wildman–Crippen MR) is 123 cm³/mol. The first-order valence-corrected chi connectivity index (χ1v) is 10.8. The third-order valence-corrected chi connectivity index (χ3v) is 5.71. The highest BCUT2D eigenvalue weighted by Crippen LogP contribution is 2.42. The number of hydrogen-bond acceptors (Lipinski definition) is 5. The van der Waals surface area contributed by atoms with Gasteiger partial charge in [0.2, 0.25) is 6.41 Å². The van der Waals surface area contributed by atoms with Crippen molar-refractivity contribution in [2.75, 3.05) is 19.7 Å². The van der Waals surface area contributed by atoms with Gasteiger partial charge in [-0.2, -0.15) is 0 Å². The minimum absolute atomic E-state index is 0.102. The van der Waals surface area contributed by atoms with Gasteiger partial charge in [-0.05, 0) is 61.3 Å². The molecule has 0 saturated heterocycles. The van der Waals surface area contributed by atoms with Crippen LogP contribution in [0.15, 0.2) is 66.0 Å². The molecule has 1 amide bonds. The van der Waals surface area contributed by atoms with Crippen LogP contribution in [0.2, 0.25) is 0 Å². The molecule has 2 unspecified atom stereocenters. The van der Waals surface area contributed by atoms with E-state index in [1.54, 1.807) is 12.1 Å². The van der Waals surface area contributed by atoms with Crippen LogP contribution in [0.25, 0.3) is 0 Å². The molecular weight excluding hydrogens is 409 g/mol. The van der Waals surface area contributed by atoms with Gasteiger partial charge in [-0.1, -0.05) is 36.4 Å². The highest BCUT2D eigenvalue weighted by atomic mass is 19.1. The lowest BCUT2D eigenvalue weighted by Crippen LogP contribution is -2.32. The molecule has 6 nitrogen and oxygen atoms in total. The van der Waals surface area contributed by atoms with Gasteiger partial charge in [-0.3, -0.25) is 9.79 Å². The molecule has 0 radical (unpaired) electrons. The van der Waals surface area contributed by atoms with Crippen LogP contribution in [0, 0.1) is 5.82 Å². The summed E-state index contributed by atoms with van der Waals surface area (Å²) in [5.74, 6) is -0.271. The number of carbonyl (C=O) groups is 1. The summed E-state index contributed by atoms with van der Waals surface area (Å²) < 4.78 is 25.2. The van der Waals surface area contributed by atoms with Crippen molar-refractivity contribution in [1.29, 1.82) is 0 Å². The van der Waals surface area contributed by atoms with Crippen LogP contribution in [0.5, 0.6) is 0 Å². The van der Waals surface area contributed by atoms with E-state index in [1.165, 1.54) is 35.7 Å². The fourth-order valence-corrected chi connectivity index (χ4v) is 4.11.